The number of aromatic hydroxyl groups is 2. The maximum absolute atomic E-state index is 12.6. The van der Waals surface area contributed by atoms with Crippen LogP contribution in [0, 0.1) is 0 Å². The van der Waals surface area contributed by atoms with E-state index in [2.05, 4.69) is 26.2 Å². The van der Waals surface area contributed by atoms with Crippen molar-refractivity contribution in [3.63, 3.8) is 0 Å². The highest BCUT2D eigenvalue weighted by Gasteiger charge is 2.55. The number of para-hydroxylation sites is 1. The van der Waals surface area contributed by atoms with Crippen molar-refractivity contribution in [2.24, 2.45) is 0 Å². The number of carbonyl (C=O) groups is 2. The molecule has 1 aliphatic heterocycles. The van der Waals surface area contributed by atoms with Crippen molar-refractivity contribution in [3.05, 3.63) is 39.4 Å². The molecule has 31 heavy (non-hydrogen) atoms. The Kier molecular flexibility index (Phi) is 6.18. The largest absolute Gasteiger partial charge is 0.506 e. The first-order chi connectivity index (χ1) is 14.5. The number of hydrogen-bond donors (Lipinski definition) is 5. The number of phenolic OH excluding ortho intramolecular Hbond substituents is 2. The zero-order valence-electron chi connectivity index (χ0n) is 16.4. The van der Waals surface area contributed by atoms with Crippen LogP contribution in [-0.2, 0) is 14.3 Å². The van der Waals surface area contributed by atoms with Gasteiger partial charge < -0.3 is 30.5 Å². The Labute approximate surface area is 184 Å². The van der Waals surface area contributed by atoms with Crippen molar-refractivity contribution in [2.75, 3.05) is 5.32 Å². The normalized spacial score (nSPS) is 24.0. The minimum absolute atomic E-state index is 0.0294. The lowest BCUT2D eigenvalue weighted by atomic mass is 9.86. The fourth-order valence-corrected chi connectivity index (χ4v) is 3.69. The Morgan fingerprint density at radius 2 is 1.94 bits per heavy atom. The third-order valence-electron chi connectivity index (χ3n) is 5.05. The first-order valence-electron chi connectivity index (χ1n) is 9.09. The predicted octanol–water partition coefficient (Wildman–Crippen LogP) is 0.718. The molecule has 12 heteroatoms. The van der Waals surface area contributed by atoms with Gasteiger partial charge in [0.1, 0.15) is 35.6 Å². The third-order valence-corrected chi connectivity index (χ3v) is 5.63. The molecule has 0 spiro atoms. The van der Waals surface area contributed by atoms with E-state index in [4.69, 9.17) is 4.74 Å². The van der Waals surface area contributed by atoms with Crippen LogP contribution in [0.5, 0.6) is 11.5 Å². The summed E-state index contributed by atoms with van der Waals surface area (Å²) in [6, 6.07) is 4.08. The summed E-state index contributed by atoms with van der Waals surface area (Å²) in [5.41, 5.74) is -3.10. The number of ether oxygens (including phenoxy) is 1. The quantitative estimate of drug-likeness (QED) is 0.358. The molecular formula is C19H20BrN3O8. The first kappa shape index (κ1) is 22.9. The summed E-state index contributed by atoms with van der Waals surface area (Å²) in [6.07, 6.45) is -3.65. The van der Waals surface area contributed by atoms with Gasteiger partial charge in [-0.1, -0.05) is 6.07 Å². The smallest absolute Gasteiger partial charge is 0.351 e. The number of halogens is 1. The SMILES string of the molecule is CC(=O)C(O)[C@H]1O[C@@H](n2cc(Br)c(Nc3c(O)cccc3O)nc2=O)C[C@@]1(O)C(C)=O. The molecule has 1 aromatic heterocycles. The highest BCUT2D eigenvalue weighted by atomic mass is 79.9. The van der Waals surface area contributed by atoms with E-state index in [1.54, 1.807) is 0 Å². The summed E-state index contributed by atoms with van der Waals surface area (Å²) in [5.74, 6) is -2.01. The second kappa shape index (κ2) is 8.38. The summed E-state index contributed by atoms with van der Waals surface area (Å²) in [4.78, 5) is 40.1. The minimum Gasteiger partial charge on any atom is -0.506 e. The highest BCUT2D eigenvalue weighted by Crippen LogP contribution is 2.40. The van der Waals surface area contributed by atoms with Crippen LogP contribution in [0.15, 0.2) is 33.7 Å². The molecule has 1 unspecified atom stereocenters. The van der Waals surface area contributed by atoms with Gasteiger partial charge in [-0.2, -0.15) is 4.98 Å². The molecule has 0 radical (unpaired) electrons. The molecule has 0 bridgehead atoms. The number of Topliss-reactive ketones (excluding diaryl/α,β-unsaturated/α-hetero) is 2. The highest BCUT2D eigenvalue weighted by molar-refractivity contribution is 9.10. The molecule has 2 aromatic rings. The number of ketones is 2. The third kappa shape index (κ3) is 4.19. The molecule has 0 amide bonds. The van der Waals surface area contributed by atoms with E-state index in [9.17, 15) is 34.8 Å². The Balaban J connectivity index is 1.96. The molecule has 5 N–H and O–H groups in total. The van der Waals surface area contributed by atoms with Crippen molar-refractivity contribution in [1.82, 2.24) is 9.55 Å². The average molecular weight is 498 g/mol. The average Bonchev–Trinajstić information content (AvgIpc) is 3.05. The van der Waals surface area contributed by atoms with Crippen molar-refractivity contribution < 1.29 is 34.8 Å². The maximum atomic E-state index is 12.6. The van der Waals surface area contributed by atoms with Gasteiger partial charge in [0.15, 0.2) is 23.0 Å². The number of rotatable bonds is 6. The maximum Gasteiger partial charge on any atom is 0.351 e. The van der Waals surface area contributed by atoms with Gasteiger partial charge in [0.2, 0.25) is 0 Å². The first-order valence-corrected chi connectivity index (χ1v) is 9.89. The van der Waals surface area contributed by atoms with E-state index in [-0.39, 0.29) is 27.5 Å². The van der Waals surface area contributed by atoms with Crippen molar-refractivity contribution >= 4 is 39.0 Å². The van der Waals surface area contributed by atoms with E-state index in [0.29, 0.717) is 0 Å². The monoisotopic (exact) mass is 497 g/mol. The molecule has 3 rings (SSSR count). The van der Waals surface area contributed by atoms with Crippen molar-refractivity contribution in [1.29, 1.82) is 0 Å². The Morgan fingerprint density at radius 3 is 2.48 bits per heavy atom. The van der Waals surface area contributed by atoms with E-state index in [0.717, 1.165) is 18.4 Å². The van der Waals surface area contributed by atoms with Gasteiger partial charge in [0.05, 0.1) is 4.47 Å². The fourth-order valence-electron chi connectivity index (χ4n) is 3.28. The molecule has 4 atom stereocenters. The molecule has 1 saturated heterocycles. The number of hydrogen-bond acceptors (Lipinski definition) is 10. The number of aliphatic hydroxyl groups excluding tert-OH is 1. The van der Waals surface area contributed by atoms with Crippen LogP contribution in [0.3, 0.4) is 0 Å². The summed E-state index contributed by atoms with van der Waals surface area (Å²) in [5, 5.41) is 43.3. The second-order valence-corrected chi connectivity index (χ2v) is 8.03. The minimum atomic E-state index is -2.18. The van der Waals surface area contributed by atoms with Crippen LogP contribution < -0.4 is 11.0 Å². The molecule has 1 aromatic carbocycles. The molecule has 0 saturated carbocycles. The molecule has 166 valence electrons. The number of anilines is 2. The second-order valence-electron chi connectivity index (χ2n) is 7.17. The van der Waals surface area contributed by atoms with Crippen LogP contribution in [0.1, 0.15) is 26.5 Å². The molecule has 2 heterocycles. The standard InChI is InChI=1S/C19H20BrN3O8/c1-8(24)15(28)16-19(30,9(2)25)6-13(31-16)23-7-10(20)17(22-18(23)29)21-14-11(26)4-3-5-12(14)27/h3-5,7,13,15-16,26-28,30H,6H2,1-2H3,(H,21,22,29)/t13-,15?,16-,19-/m1/s1. The van der Waals surface area contributed by atoms with Gasteiger partial charge in [0, 0.05) is 12.6 Å². The van der Waals surface area contributed by atoms with Crippen LogP contribution in [0.2, 0.25) is 0 Å². The van der Waals surface area contributed by atoms with Gasteiger partial charge in [0.25, 0.3) is 0 Å². The molecular weight excluding hydrogens is 478 g/mol. The van der Waals surface area contributed by atoms with Crippen LogP contribution >= 0.6 is 15.9 Å². The number of nitrogens with zero attached hydrogens (tertiary/aromatic N) is 2. The number of aromatic nitrogens is 2. The van der Waals surface area contributed by atoms with Crippen molar-refractivity contribution in [3.8, 4) is 11.5 Å². The summed E-state index contributed by atoms with van der Waals surface area (Å²) in [6.45, 7) is 2.18. The molecule has 11 nitrogen and oxygen atoms in total. The van der Waals surface area contributed by atoms with Crippen LogP contribution in [0.25, 0.3) is 0 Å². The van der Waals surface area contributed by atoms with E-state index >= 15 is 0 Å². The number of phenols is 2. The lowest BCUT2D eigenvalue weighted by Crippen LogP contribution is -2.52. The summed E-state index contributed by atoms with van der Waals surface area (Å²) < 4.78 is 6.75. The van der Waals surface area contributed by atoms with Gasteiger partial charge in [-0.3, -0.25) is 14.2 Å². The topological polar surface area (TPSA) is 171 Å². The van der Waals surface area contributed by atoms with Gasteiger partial charge in [-0.15, -0.1) is 0 Å². The molecule has 1 aliphatic rings. The number of aliphatic hydroxyl groups is 2. The molecule has 0 aliphatic carbocycles. The zero-order valence-corrected chi connectivity index (χ0v) is 18.0. The zero-order chi connectivity index (χ0) is 23.1. The van der Waals surface area contributed by atoms with Crippen LogP contribution in [-0.4, -0.2) is 59.4 Å². The number of benzene rings is 1. The Hall–Kier alpha value is -2.80. The predicted molar refractivity (Wildman–Crippen MR) is 110 cm³/mol. The van der Waals surface area contributed by atoms with Gasteiger partial charge in [-0.25, -0.2) is 4.79 Å². The van der Waals surface area contributed by atoms with Gasteiger partial charge >= 0.3 is 5.69 Å². The van der Waals surface area contributed by atoms with E-state index in [1.807, 2.05) is 0 Å². The van der Waals surface area contributed by atoms with Gasteiger partial charge in [-0.05, 0) is 41.9 Å². The Bertz CT molecular complexity index is 1080. The van der Waals surface area contributed by atoms with E-state index < -0.39 is 47.7 Å². The fraction of sp³-hybridized carbons (Fsp3) is 0.368. The number of nitrogens with one attached hydrogen (secondary N) is 1. The molecule has 1 fully saturated rings. The summed E-state index contributed by atoms with van der Waals surface area (Å²) in [7, 11) is 0. The Morgan fingerprint density at radius 1 is 1.32 bits per heavy atom. The lowest BCUT2D eigenvalue weighted by molar-refractivity contribution is -0.158. The summed E-state index contributed by atoms with van der Waals surface area (Å²) >= 11 is 3.22. The number of carbonyl (C=O) groups excluding carboxylic acids is 2. The van der Waals surface area contributed by atoms with E-state index in [1.165, 1.54) is 24.4 Å². The van der Waals surface area contributed by atoms with Crippen molar-refractivity contribution in [2.45, 2.75) is 44.3 Å². The van der Waals surface area contributed by atoms with Crippen LogP contribution in [0.4, 0.5) is 11.5 Å². The lowest BCUT2D eigenvalue weighted by Gasteiger charge is -2.27.